The van der Waals surface area contributed by atoms with Gasteiger partial charge in [-0.15, -0.1) is 0 Å². The molecule has 674 valence electrons. The zero-order valence-electron chi connectivity index (χ0n) is 71.3. The summed E-state index contributed by atoms with van der Waals surface area (Å²) in [7, 11) is 1.61. The third-order valence-corrected chi connectivity index (χ3v) is 23.4. The summed E-state index contributed by atoms with van der Waals surface area (Å²) in [4.78, 5) is 103. The normalized spacial score (nSPS) is 15.8. The number of methoxy groups -OCH3 is 1. The van der Waals surface area contributed by atoms with E-state index in [0.29, 0.717) is 158 Å². The van der Waals surface area contributed by atoms with E-state index in [1.807, 2.05) is 72.8 Å². The van der Waals surface area contributed by atoms with E-state index >= 15 is 0 Å². The van der Waals surface area contributed by atoms with Crippen LogP contribution in [0.3, 0.4) is 0 Å². The van der Waals surface area contributed by atoms with Gasteiger partial charge in [0.1, 0.15) is 80.3 Å². The Kier molecular flexibility index (Phi) is 31.2. The third-order valence-electron chi connectivity index (χ3n) is 22.1. The fourth-order valence-electron chi connectivity index (χ4n) is 15.4. The van der Waals surface area contributed by atoms with Gasteiger partial charge >= 0.3 is 0 Å². The van der Waals surface area contributed by atoms with Gasteiger partial charge in [-0.05, 0) is 239 Å². The molecule has 0 spiro atoms. The number of carbonyl (C=O) groups is 8. The highest BCUT2D eigenvalue weighted by atomic mass is 35.5. The van der Waals surface area contributed by atoms with Crippen LogP contribution in [-0.4, -0.2) is 165 Å². The molecule has 8 aromatic carbocycles. The first-order chi connectivity index (χ1) is 63.1. The Morgan fingerprint density at radius 1 is 0.344 bits per heavy atom. The van der Waals surface area contributed by atoms with Crippen LogP contribution >= 0.6 is 46.4 Å². The van der Waals surface area contributed by atoms with Crippen LogP contribution in [0.1, 0.15) is 117 Å². The number of halogens is 5. The number of nitrogens with two attached hydrogens (primary N) is 4. The molecule has 8 heterocycles. The number of carbonyl (C=O) groups excluding carboxylic acids is 8. The molecule has 0 saturated carbocycles. The first-order valence-electron chi connectivity index (χ1n) is 41.8. The van der Waals surface area contributed by atoms with E-state index < -0.39 is 29.4 Å². The Morgan fingerprint density at radius 3 is 0.870 bits per heavy atom. The van der Waals surface area contributed by atoms with Crippen molar-refractivity contribution < 1.29 is 66.4 Å². The Hall–Kier alpha value is -14.6. The van der Waals surface area contributed by atoms with Crippen molar-refractivity contribution in [1.29, 1.82) is 0 Å². The summed E-state index contributed by atoms with van der Waals surface area (Å²) < 4.78 is 48.9. The molecule has 34 heteroatoms. The van der Waals surface area contributed by atoms with Crippen LogP contribution in [0.2, 0.25) is 20.1 Å². The summed E-state index contributed by atoms with van der Waals surface area (Å²) >= 11 is 23.7. The van der Waals surface area contributed by atoms with E-state index in [9.17, 15) is 42.7 Å². The van der Waals surface area contributed by atoms with E-state index in [1.54, 1.807) is 167 Å². The monoisotopic (exact) mass is 1850 g/mol. The fraction of sp³-hybridized carbons (Fsp3) is 0.216. The molecule has 0 aliphatic carbocycles. The van der Waals surface area contributed by atoms with Gasteiger partial charge in [-0.2, -0.15) is 20.4 Å². The largest absolute Gasteiger partial charge is 0.497 e. The van der Waals surface area contributed by atoms with Crippen molar-refractivity contribution in [2.24, 2.45) is 22.9 Å². The van der Waals surface area contributed by atoms with Crippen molar-refractivity contribution in [3.8, 4) is 96.8 Å². The second-order valence-corrected chi connectivity index (χ2v) is 32.5. The van der Waals surface area contributed by atoms with Crippen molar-refractivity contribution in [3.63, 3.8) is 0 Å². The van der Waals surface area contributed by atoms with Crippen molar-refractivity contribution in [2.75, 3.05) is 59.5 Å². The summed E-state index contributed by atoms with van der Waals surface area (Å²) in [5, 5.41) is 20.1. The van der Waals surface area contributed by atoms with Crippen LogP contribution in [0, 0.1) is 5.82 Å². The summed E-state index contributed by atoms with van der Waals surface area (Å²) in [6.45, 7) is 19.0. The molecule has 12 aromatic rings. The number of likely N-dealkylation sites (tertiary alicyclic amines) is 4. The van der Waals surface area contributed by atoms with E-state index in [0.717, 1.165) is 73.8 Å². The molecule has 0 unspecified atom stereocenters. The molecule has 4 aliphatic heterocycles. The smallest absolute Gasteiger partial charge is 0.252 e. The quantitative estimate of drug-likeness (QED) is 0.0386. The second kappa shape index (κ2) is 43.5. The number of hydrogen-bond donors (Lipinski definition) is 4. The average Bonchev–Trinajstić information content (AvgIpc) is 1.67. The van der Waals surface area contributed by atoms with Gasteiger partial charge in [-0.3, -0.25) is 57.1 Å². The van der Waals surface area contributed by atoms with Gasteiger partial charge < -0.3 is 66.2 Å². The fourth-order valence-corrected chi connectivity index (χ4v) is 16.0. The van der Waals surface area contributed by atoms with Crippen LogP contribution in [0.4, 0.5) is 4.39 Å². The third kappa shape index (κ3) is 23.9. The molecule has 0 radical (unpaired) electrons. The lowest BCUT2D eigenvalue weighted by Crippen LogP contribution is -2.40. The van der Waals surface area contributed by atoms with Gasteiger partial charge in [-0.1, -0.05) is 78.8 Å². The van der Waals surface area contributed by atoms with Crippen LogP contribution in [0.15, 0.2) is 257 Å². The zero-order chi connectivity index (χ0) is 93.1. The van der Waals surface area contributed by atoms with Crippen LogP contribution in [-0.2, 0) is 19.2 Å². The number of benzene rings is 8. The molecule has 4 aliphatic rings. The first kappa shape index (κ1) is 94.0. The van der Waals surface area contributed by atoms with E-state index in [4.69, 9.17) is 93.0 Å². The van der Waals surface area contributed by atoms with Crippen LogP contribution in [0.25, 0.3) is 45.0 Å². The number of primary amides is 4. The second-order valence-electron chi connectivity index (χ2n) is 30.9. The van der Waals surface area contributed by atoms with Crippen molar-refractivity contribution in [3.05, 3.63) is 306 Å². The first-order valence-corrected chi connectivity index (χ1v) is 43.3. The standard InChI is InChI=1S/C25H26N4O4.C24H22Cl2N4O3.C24H22ClFN4O3.C24H23ClN4O3/c1-3-23(30)28-14-4-5-18(15-28)29-16-22(25(26)31)24(27-29)17-6-8-20(9-7-17)33-21-12-10-19(32-2)11-13-21;2*1-2-22(31)29-11-3-4-16(13-29)30-14-19(24(27)32)23(28-30)15-5-7-17(8-6-15)33-18-9-10-20(25)21(26)12-18;1-2-22(30)28-12-4-6-18(14-28)29-15-21(24(26)31)23(27-29)16-8-10-19(11-9-16)32-20-7-3-5-17(25)13-20/h3,6-13,16,18H,1,4-5,14-15H2,2H3,(H2,26,31);2*2,5-10,12,14,16H,1,3-4,11,13H2,(H2,27,32);2-3,5,7-11,13,15,18H,1,4,6,12,14H2,(H2,26,31)/t18-;2*16-;18-/m1111/s1. The number of aromatic nitrogens is 8. The Bertz CT molecular complexity index is 6030. The number of hydrogen-bond acceptors (Lipinski definition) is 17. The molecule has 8 N–H and O–H groups in total. The Balaban J connectivity index is 0.000000149. The molecule has 131 heavy (non-hydrogen) atoms. The topological polar surface area (TPSA) is 371 Å². The van der Waals surface area contributed by atoms with Crippen LogP contribution in [0.5, 0.6) is 51.7 Å². The number of rotatable bonds is 25. The molecule has 29 nitrogen and oxygen atoms in total. The van der Waals surface area contributed by atoms with Gasteiger partial charge in [0, 0.05) is 117 Å². The van der Waals surface area contributed by atoms with Gasteiger partial charge in [0.05, 0.1) is 68.6 Å². The highest BCUT2D eigenvalue weighted by Crippen LogP contribution is 2.38. The maximum Gasteiger partial charge on any atom is 0.252 e. The zero-order valence-corrected chi connectivity index (χ0v) is 74.3. The summed E-state index contributed by atoms with van der Waals surface area (Å²) in [6.07, 6.45) is 18.6. The van der Waals surface area contributed by atoms with E-state index in [2.05, 4.69) is 46.7 Å². The van der Waals surface area contributed by atoms with Crippen LogP contribution < -0.4 is 46.6 Å². The lowest BCUT2D eigenvalue weighted by molar-refractivity contribution is -0.128. The number of piperidine rings is 4. The minimum absolute atomic E-state index is 0.0159. The van der Waals surface area contributed by atoms with Gasteiger partial charge in [0.25, 0.3) is 23.6 Å². The average molecular weight is 1850 g/mol. The lowest BCUT2D eigenvalue weighted by atomic mass is 10.1. The highest BCUT2D eigenvalue weighted by Gasteiger charge is 2.32. The molecular weight excluding hydrogens is 1760 g/mol. The summed E-state index contributed by atoms with van der Waals surface area (Å²) in [5.41, 5.74) is 28.6. The lowest BCUT2D eigenvalue weighted by Gasteiger charge is -2.32. The Morgan fingerprint density at radius 2 is 0.603 bits per heavy atom. The molecule has 16 rings (SSSR count). The summed E-state index contributed by atoms with van der Waals surface area (Å²) in [6, 6.07) is 52.0. The van der Waals surface area contributed by atoms with Gasteiger partial charge in [0.2, 0.25) is 23.6 Å². The minimum Gasteiger partial charge on any atom is -0.497 e. The maximum atomic E-state index is 13.6. The van der Waals surface area contributed by atoms with Crippen molar-refractivity contribution in [1.82, 2.24) is 58.7 Å². The minimum atomic E-state index is -0.594. The van der Waals surface area contributed by atoms with Crippen molar-refractivity contribution >= 4 is 93.7 Å². The number of nitrogens with zero attached hydrogens (tertiary/aromatic N) is 12. The van der Waals surface area contributed by atoms with Gasteiger partial charge in [0.15, 0.2) is 0 Å². The Labute approximate surface area is 774 Å². The molecule has 4 aromatic heterocycles. The molecule has 8 amide bonds. The summed E-state index contributed by atoms with van der Waals surface area (Å²) in [5.74, 6) is 1.98. The molecular formula is C97H93Cl4FN16O13. The highest BCUT2D eigenvalue weighted by molar-refractivity contribution is 6.42. The SMILES string of the molecule is C=CC(=O)N1CCC[C@@H](n2cc(C(N)=O)c(-c3ccc(Oc4ccc(Cl)c(Cl)c4)cc3)n2)C1.C=CC(=O)N1CCC[C@@H](n2cc(C(N)=O)c(-c3ccc(Oc4ccc(Cl)c(F)c4)cc3)n2)C1.C=CC(=O)N1CCC[C@@H](n2cc(C(N)=O)c(-c3ccc(Oc4ccc(OC)cc4)cc3)n2)C1.C=CC(=O)N1CCC[C@@H](n2cc(C(N)=O)c(-c3ccc(Oc4cccc(Cl)c4)cc3)n2)C1. The van der Waals surface area contributed by atoms with Gasteiger partial charge in [-0.25, -0.2) is 4.39 Å². The number of amides is 8. The van der Waals surface area contributed by atoms with Crippen molar-refractivity contribution in [2.45, 2.75) is 75.5 Å². The predicted molar refractivity (Wildman–Crippen MR) is 498 cm³/mol. The molecule has 4 atom stereocenters. The number of ether oxygens (including phenoxy) is 5. The molecule has 4 fully saturated rings. The molecule has 0 bridgehead atoms. The van der Waals surface area contributed by atoms with E-state index in [-0.39, 0.29) is 58.4 Å². The molecule has 4 saturated heterocycles. The van der Waals surface area contributed by atoms with E-state index in [1.165, 1.54) is 36.4 Å². The predicted octanol–water partition coefficient (Wildman–Crippen LogP) is 17.9. The maximum absolute atomic E-state index is 13.6.